The lowest BCUT2D eigenvalue weighted by Gasteiger charge is -2.29. The van der Waals surface area contributed by atoms with Gasteiger partial charge >= 0.3 is 0 Å². The van der Waals surface area contributed by atoms with Gasteiger partial charge in [-0.1, -0.05) is 35.3 Å². The summed E-state index contributed by atoms with van der Waals surface area (Å²) in [4.78, 5) is 6.72. The number of hydrogen-bond acceptors (Lipinski definition) is 4. The smallest absolute Gasteiger partial charge is 0.174 e. The van der Waals surface area contributed by atoms with Crippen molar-refractivity contribution >= 4 is 46.2 Å². The van der Waals surface area contributed by atoms with Gasteiger partial charge in [-0.25, -0.2) is 0 Å². The number of nitrogens with one attached hydrogen (secondary N) is 1. The number of methoxy groups -OCH3 is 1. The first-order valence-electron chi connectivity index (χ1n) is 11.4. The molecule has 1 aliphatic rings. The van der Waals surface area contributed by atoms with E-state index in [-0.39, 0.29) is 12.1 Å². The van der Waals surface area contributed by atoms with E-state index in [1.165, 1.54) is 0 Å². The normalized spacial score (nSPS) is 17.3. The van der Waals surface area contributed by atoms with E-state index in [0.29, 0.717) is 34.1 Å². The third-order valence-electron chi connectivity index (χ3n) is 6.01. The quantitative estimate of drug-likeness (QED) is 0.207. The van der Waals surface area contributed by atoms with Crippen LogP contribution in [0.1, 0.15) is 23.5 Å². The van der Waals surface area contributed by atoms with E-state index in [0.717, 1.165) is 22.8 Å². The highest BCUT2D eigenvalue weighted by atomic mass is 35.5. The number of ether oxygens (including phenoxy) is 2. The maximum Gasteiger partial charge on any atom is 0.174 e. The minimum atomic E-state index is -0.210. The molecule has 0 bridgehead atoms. The van der Waals surface area contributed by atoms with E-state index in [1.54, 1.807) is 13.3 Å². The number of nitrogens with zero attached hydrogens (tertiary/aromatic N) is 3. The Labute approximate surface area is 225 Å². The number of thiocarbonyl (C=S) groups is 1. The summed E-state index contributed by atoms with van der Waals surface area (Å²) in [6.07, 6.45) is 3.81. The third kappa shape index (κ3) is 4.92. The number of pyridine rings is 1. The molecule has 6 nitrogen and oxygen atoms in total. The summed E-state index contributed by atoms with van der Waals surface area (Å²) in [7, 11) is 1.63. The van der Waals surface area contributed by atoms with Gasteiger partial charge in [0.2, 0.25) is 0 Å². The average molecular weight is 539 g/mol. The number of aromatic nitrogens is 2. The van der Waals surface area contributed by atoms with Crippen LogP contribution in [0.25, 0.3) is 5.69 Å². The van der Waals surface area contributed by atoms with E-state index in [2.05, 4.69) is 25.8 Å². The first-order valence-corrected chi connectivity index (χ1v) is 12.6. The predicted octanol–water partition coefficient (Wildman–Crippen LogP) is 6.38. The van der Waals surface area contributed by atoms with Crippen molar-refractivity contribution in [2.24, 2.45) is 0 Å². The van der Waals surface area contributed by atoms with Crippen LogP contribution in [0.4, 0.5) is 5.69 Å². The highest BCUT2D eigenvalue weighted by Crippen LogP contribution is 2.43. The second-order valence-electron chi connectivity index (χ2n) is 8.24. The summed E-state index contributed by atoms with van der Waals surface area (Å²) in [5, 5.41) is 5.23. The standard InChI is InChI=1S/C27H24Cl2N4O2S/c1-34-14-15-35-24-11-10-20(17-21(24)29)33-26(25(31-27(33)36)22-8-2-3-12-30-22)23-9-5-13-32(23)19-7-4-6-18(28)16-19/h2-13,16-17,25-26H,14-15H2,1H3,(H,31,36)/t25-,26+/m0/s1. The summed E-state index contributed by atoms with van der Waals surface area (Å²) >= 11 is 18.8. The predicted molar refractivity (Wildman–Crippen MR) is 148 cm³/mol. The average Bonchev–Trinajstić information content (AvgIpc) is 3.50. The van der Waals surface area contributed by atoms with Gasteiger partial charge < -0.3 is 24.3 Å². The summed E-state index contributed by atoms with van der Waals surface area (Å²) in [5.74, 6) is 0.593. The van der Waals surface area contributed by atoms with Crippen LogP contribution in [0.2, 0.25) is 10.0 Å². The SMILES string of the molecule is COCCOc1ccc(N2C(=S)N[C@@H](c3ccccn3)[C@H]2c2cccn2-c2cccc(Cl)c2)cc1Cl. The second-order valence-corrected chi connectivity index (χ2v) is 9.47. The minimum Gasteiger partial charge on any atom is -0.490 e. The van der Waals surface area contributed by atoms with Gasteiger partial charge in [0.25, 0.3) is 0 Å². The first kappa shape index (κ1) is 24.6. The zero-order chi connectivity index (χ0) is 25.1. The lowest BCUT2D eigenvalue weighted by Crippen LogP contribution is -2.30. The highest BCUT2D eigenvalue weighted by Gasteiger charge is 2.42. The molecule has 1 fully saturated rings. The van der Waals surface area contributed by atoms with Crippen molar-refractivity contribution < 1.29 is 9.47 Å². The first-order chi connectivity index (χ1) is 17.6. The topological polar surface area (TPSA) is 51.6 Å². The number of rotatable bonds is 8. The fourth-order valence-corrected chi connectivity index (χ4v) is 5.18. The number of hydrogen-bond donors (Lipinski definition) is 1. The van der Waals surface area contributed by atoms with Crippen LogP contribution < -0.4 is 15.0 Å². The van der Waals surface area contributed by atoms with Crippen molar-refractivity contribution in [3.8, 4) is 11.4 Å². The van der Waals surface area contributed by atoms with E-state index in [1.807, 2.05) is 72.9 Å². The molecule has 1 aliphatic heterocycles. The van der Waals surface area contributed by atoms with Crippen molar-refractivity contribution in [1.82, 2.24) is 14.9 Å². The van der Waals surface area contributed by atoms with E-state index < -0.39 is 0 Å². The molecule has 184 valence electrons. The Kier molecular flexibility index (Phi) is 7.43. The van der Waals surface area contributed by atoms with Gasteiger partial charge in [-0.15, -0.1) is 0 Å². The molecule has 5 rings (SSSR count). The van der Waals surface area contributed by atoms with Gasteiger partial charge in [0.15, 0.2) is 5.11 Å². The van der Waals surface area contributed by atoms with Gasteiger partial charge in [-0.2, -0.15) is 0 Å². The molecule has 36 heavy (non-hydrogen) atoms. The van der Waals surface area contributed by atoms with Crippen LogP contribution in [-0.4, -0.2) is 35.0 Å². The van der Waals surface area contributed by atoms with Crippen LogP contribution >= 0.6 is 35.4 Å². The molecule has 0 radical (unpaired) electrons. The van der Waals surface area contributed by atoms with Gasteiger partial charge in [-0.05, 0) is 72.9 Å². The molecule has 0 amide bonds. The fraction of sp³-hybridized carbons (Fsp3) is 0.185. The van der Waals surface area contributed by atoms with E-state index in [9.17, 15) is 0 Å². The van der Waals surface area contributed by atoms with Gasteiger partial charge in [-0.3, -0.25) is 4.98 Å². The molecule has 0 saturated carbocycles. The Balaban J connectivity index is 1.59. The summed E-state index contributed by atoms with van der Waals surface area (Å²) in [6, 6.07) is 23.1. The van der Waals surface area contributed by atoms with Gasteiger partial charge in [0.1, 0.15) is 18.4 Å². The molecule has 0 aliphatic carbocycles. The molecule has 1 saturated heterocycles. The van der Waals surface area contributed by atoms with Gasteiger partial charge in [0, 0.05) is 41.6 Å². The molecule has 1 N–H and O–H groups in total. The van der Waals surface area contributed by atoms with Crippen LogP contribution in [-0.2, 0) is 4.74 Å². The monoisotopic (exact) mass is 538 g/mol. The summed E-state index contributed by atoms with van der Waals surface area (Å²) < 4.78 is 12.9. The van der Waals surface area contributed by atoms with Crippen molar-refractivity contribution in [2.45, 2.75) is 12.1 Å². The van der Waals surface area contributed by atoms with Gasteiger partial charge in [0.05, 0.1) is 23.4 Å². The molecule has 2 atom stereocenters. The Hall–Kier alpha value is -3.10. The molecule has 4 aromatic rings. The number of halogens is 2. The number of benzene rings is 2. The molecule has 3 heterocycles. The molecule has 0 unspecified atom stereocenters. The highest BCUT2D eigenvalue weighted by molar-refractivity contribution is 7.80. The van der Waals surface area contributed by atoms with Crippen LogP contribution in [0.15, 0.2) is 85.2 Å². The summed E-state index contributed by atoms with van der Waals surface area (Å²) in [5.41, 5.74) is 3.72. The molecular formula is C27H24Cl2N4O2S. The molecule has 0 spiro atoms. The van der Waals surface area contributed by atoms with E-state index >= 15 is 0 Å². The zero-order valence-corrected chi connectivity index (χ0v) is 21.8. The van der Waals surface area contributed by atoms with Crippen molar-refractivity contribution in [3.63, 3.8) is 0 Å². The maximum absolute atomic E-state index is 6.62. The summed E-state index contributed by atoms with van der Waals surface area (Å²) in [6.45, 7) is 0.892. The third-order valence-corrected chi connectivity index (χ3v) is 6.85. The molecule has 2 aromatic heterocycles. The largest absolute Gasteiger partial charge is 0.490 e. The van der Waals surface area contributed by atoms with E-state index in [4.69, 9.17) is 44.9 Å². The van der Waals surface area contributed by atoms with Crippen LogP contribution in [0.3, 0.4) is 0 Å². The Morgan fingerprint density at radius 1 is 0.972 bits per heavy atom. The van der Waals surface area contributed by atoms with Crippen LogP contribution in [0.5, 0.6) is 5.75 Å². The van der Waals surface area contributed by atoms with Crippen LogP contribution in [0, 0.1) is 0 Å². The lowest BCUT2D eigenvalue weighted by molar-refractivity contribution is 0.146. The Morgan fingerprint density at radius 3 is 2.61 bits per heavy atom. The van der Waals surface area contributed by atoms with Crippen molar-refractivity contribution in [2.75, 3.05) is 25.2 Å². The lowest BCUT2D eigenvalue weighted by atomic mass is 10.0. The zero-order valence-electron chi connectivity index (χ0n) is 19.5. The molecule has 2 aromatic carbocycles. The van der Waals surface area contributed by atoms with Crippen molar-refractivity contribution in [3.05, 3.63) is 107 Å². The minimum absolute atomic E-state index is 0.192. The molecule has 9 heteroatoms. The maximum atomic E-state index is 6.62. The Bertz CT molecular complexity index is 1360. The number of anilines is 1. The Morgan fingerprint density at radius 2 is 1.86 bits per heavy atom. The van der Waals surface area contributed by atoms with Crippen molar-refractivity contribution in [1.29, 1.82) is 0 Å². The second kappa shape index (κ2) is 10.9. The fourth-order valence-electron chi connectivity index (χ4n) is 4.42. The molecular weight excluding hydrogens is 515 g/mol.